The fraction of sp³-hybridized carbons (Fsp3) is 0.348. The van der Waals surface area contributed by atoms with Crippen LogP contribution in [0.1, 0.15) is 45.1 Å². The van der Waals surface area contributed by atoms with Gasteiger partial charge in [-0.25, -0.2) is 0 Å². The second-order valence-electron chi connectivity index (χ2n) is 7.31. The average molecular weight is 320 g/mol. The minimum absolute atomic E-state index is 0.0539. The van der Waals surface area contributed by atoms with Gasteiger partial charge >= 0.3 is 0 Å². The molecule has 1 heteroatoms. The quantitative estimate of drug-likeness (QED) is 0.574. The Kier molecular flexibility index (Phi) is 5.77. The lowest BCUT2D eigenvalue weighted by molar-refractivity contribution is -0.123. The van der Waals surface area contributed by atoms with Gasteiger partial charge < -0.3 is 0 Å². The van der Waals surface area contributed by atoms with Crippen molar-refractivity contribution in [3.05, 3.63) is 78.9 Å². The molecule has 0 bridgehead atoms. The van der Waals surface area contributed by atoms with E-state index in [1.54, 1.807) is 0 Å². The van der Waals surface area contributed by atoms with Crippen LogP contribution < -0.4 is 0 Å². The second kappa shape index (κ2) is 7.61. The summed E-state index contributed by atoms with van der Waals surface area (Å²) in [6.45, 7) is 12.1. The van der Waals surface area contributed by atoms with Gasteiger partial charge in [0.05, 0.1) is 0 Å². The predicted molar refractivity (Wildman–Crippen MR) is 104 cm³/mol. The number of carbonyl (C=O) groups is 1. The second-order valence-corrected chi connectivity index (χ2v) is 7.31. The van der Waals surface area contributed by atoms with E-state index in [1.165, 1.54) is 0 Å². The van der Waals surface area contributed by atoms with Gasteiger partial charge in [-0.1, -0.05) is 68.5 Å². The van der Waals surface area contributed by atoms with E-state index in [0.717, 1.165) is 36.8 Å². The van der Waals surface area contributed by atoms with Crippen LogP contribution >= 0.6 is 0 Å². The number of ketones is 1. The Balaban J connectivity index is 2.41. The molecule has 126 valence electrons. The molecule has 1 aliphatic rings. The molecule has 2 rings (SSSR count). The van der Waals surface area contributed by atoms with Crippen LogP contribution in [0.3, 0.4) is 0 Å². The fourth-order valence-electron chi connectivity index (χ4n) is 3.37. The molecule has 0 saturated carbocycles. The molecule has 1 aromatic carbocycles. The summed E-state index contributed by atoms with van der Waals surface area (Å²) in [6.07, 6.45) is 13.3. The molecule has 0 saturated heterocycles. The van der Waals surface area contributed by atoms with Crippen LogP contribution in [0.25, 0.3) is 6.08 Å². The first-order valence-corrected chi connectivity index (χ1v) is 8.65. The molecule has 0 unspecified atom stereocenters. The molecule has 0 radical (unpaired) electrons. The lowest BCUT2D eigenvalue weighted by Crippen LogP contribution is -2.25. The fourth-order valence-corrected chi connectivity index (χ4v) is 3.37. The minimum Gasteiger partial charge on any atom is -0.294 e. The number of benzene rings is 1. The Labute approximate surface area is 146 Å². The van der Waals surface area contributed by atoms with E-state index < -0.39 is 0 Å². The zero-order valence-corrected chi connectivity index (χ0v) is 14.9. The van der Waals surface area contributed by atoms with E-state index in [1.807, 2.05) is 36.4 Å². The highest BCUT2D eigenvalue weighted by molar-refractivity contribution is 5.96. The summed E-state index contributed by atoms with van der Waals surface area (Å²) in [5, 5.41) is 0. The van der Waals surface area contributed by atoms with Crippen molar-refractivity contribution < 1.29 is 4.79 Å². The maximum Gasteiger partial charge on any atom is 0.162 e. The minimum atomic E-state index is -0.341. The van der Waals surface area contributed by atoms with Gasteiger partial charge in [0.1, 0.15) is 0 Å². The molecule has 1 aliphatic carbocycles. The maximum atomic E-state index is 12.9. The molecule has 0 aliphatic heterocycles. The molecule has 1 nitrogen and oxygen atoms in total. The molecule has 1 aromatic rings. The van der Waals surface area contributed by atoms with Crippen molar-refractivity contribution in [3.63, 3.8) is 0 Å². The van der Waals surface area contributed by atoms with Gasteiger partial charge in [0.25, 0.3) is 0 Å². The lowest BCUT2D eigenvalue weighted by atomic mass is 9.73. The van der Waals surface area contributed by atoms with Crippen molar-refractivity contribution in [3.8, 4) is 0 Å². The van der Waals surface area contributed by atoms with Crippen molar-refractivity contribution in [2.45, 2.75) is 39.5 Å². The number of rotatable bonds is 6. The van der Waals surface area contributed by atoms with E-state index in [9.17, 15) is 4.79 Å². The van der Waals surface area contributed by atoms with Gasteiger partial charge in [0.15, 0.2) is 5.78 Å². The maximum absolute atomic E-state index is 12.9. The van der Waals surface area contributed by atoms with Gasteiger partial charge in [-0.3, -0.25) is 4.79 Å². The number of hydrogen-bond donors (Lipinski definition) is 0. The van der Waals surface area contributed by atoms with Gasteiger partial charge in [-0.15, -0.1) is 13.2 Å². The summed E-state index contributed by atoms with van der Waals surface area (Å²) >= 11 is 0. The zero-order chi connectivity index (χ0) is 17.6. The monoisotopic (exact) mass is 320 g/mol. The van der Waals surface area contributed by atoms with Crippen molar-refractivity contribution >= 4 is 11.9 Å². The molecular weight excluding hydrogens is 292 g/mol. The van der Waals surface area contributed by atoms with Gasteiger partial charge in [-0.05, 0) is 48.3 Å². The molecule has 0 heterocycles. The largest absolute Gasteiger partial charge is 0.294 e. The van der Waals surface area contributed by atoms with Gasteiger partial charge in [0, 0.05) is 5.41 Å². The van der Waals surface area contributed by atoms with E-state index in [2.05, 4.69) is 51.3 Å². The number of carbonyl (C=O) groups excluding carboxylic acids is 1. The van der Waals surface area contributed by atoms with E-state index in [-0.39, 0.29) is 16.6 Å². The van der Waals surface area contributed by atoms with Crippen molar-refractivity contribution in [1.29, 1.82) is 0 Å². The van der Waals surface area contributed by atoms with Crippen LogP contribution in [0.4, 0.5) is 0 Å². The van der Waals surface area contributed by atoms with E-state index >= 15 is 0 Å². The highest BCUT2D eigenvalue weighted by Gasteiger charge is 2.38. The zero-order valence-electron chi connectivity index (χ0n) is 14.9. The van der Waals surface area contributed by atoms with Crippen molar-refractivity contribution in [1.82, 2.24) is 0 Å². The highest BCUT2D eigenvalue weighted by atomic mass is 16.1. The van der Waals surface area contributed by atoms with E-state index in [4.69, 9.17) is 0 Å². The third-order valence-corrected chi connectivity index (χ3v) is 5.25. The number of allylic oxidation sites excluding steroid dienone is 5. The summed E-state index contributed by atoms with van der Waals surface area (Å²) in [4.78, 5) is 12.9. The Bertz CT molecular complexity index is 665. The molecule has 0 amide bonds. The standard InChI is InChI=1S/C23H28O/c1-5-14-22(3)16-17-23(4,15-6-2)21(24)18-20(22)13-12-19-10-8-7-9-11-19/h5-13,18H,1-2,14-17H2,3-4H3/b13-12+/t22-,23-/m0/s1. The van der Waals surface area contributed by atoms with Crippen LogP contribution in [0.15, 0.2) is 73.4 Å². The smallest absolute Gasteiger partial charge is 0.162 e. The topological polar surface area (TPSA) is 17.1 Å². The molecular formula is C23H28O. The first-order chi connectivity index (χ1) is 11.4. The Morgan fingerprint density at radius 3 is 2.17 bits per heavy atom. The van der Waals surface area contributed by atoms with Crippen molar-refractivity contribution in [2.24, 2.45) is 10.8 Å². The molecule has 0 fully saturated rings. The van der Waals surface area contributed by atoms with Crippen molar-refractivity contribution in [2.75, 3.05) is 0 Å². The molecule has 0 aromatic heterocycles. The molecule has 24 heavy (non-hydrogen) atoms. The van der Waals surface area contributed by atoms with E-state index in [0.29, 0.717) is 0 Å². The van der Waals surface area contributed by atoms with Crippen LogP contribution in [-0.4, -0.2) is 5.78 Å². The third-order valence-electron chi connectivity index (χ3n) is 5.25. The first-order valence-electron chi connectivity index (χ1n) is 8.65. The summed E-state index contributed by atoms with van der Waals surface area (Å²) in [5.74, 6) is 0.211. The summed E-state index contributed by atoms with van der Waals surface area (Å²) in [7, 11) is 0. The Morgan fingerprint density at radius 2 is 1.54 bits per heavy atom. The van der Waals surface area contributed by atoms with Crippen LogP contribution in [0.2, 0.25) is 0 Å². The lowest BCUT2D eigenvalue weighted by Gasteiger charge is -2.31. The van der Waals surface area contributed by atoms with Crippen LogP contribution in [-0.2, 0) is 4.79 Å². The molecule has 0 spiro atoms. The predicted octanol–water partition coefficient (Wildman–Crippen LogP) is 6.15. The summed E-state index contributed by atoms with van der Waals surface area (Å²) in [5.41, 5.74) is 1.85. The Morgan fingerprint density at radius 1 is 0.958 bits per heavy atom. The number of hydrogen-bond acceptors (Lipinski definition) is 1. The normalized spacial score (nSPS) is 27.6. The third kappa shape index (κ3) is 4.03. The highest BCUT2D eigenvalue weighted by Crippen LogP contribution is 2.45. The first kappa shape index (κ1) is 18.2. The van der Waals surface area contributed by atoms with Gasteiger partial charge in [0.2, 0.25) is 0 Å². The van der Waals surface area contributed by atoms with Crippen LogP contribution in [0.5, 0.6) is 0 Å². The SMILES string of the molecule is C=CC[C@@]1(C)CC[C@](C)(CC=C)C(/C=C/c2ccccc2)=CC1=O. The average Bonchev–Trinajstić information content (AvgIpc) is 2.66. The van der Waals surface area contributed by atoms with Crippen LogP contribution in [0, 0.1) is 10.8 Å². The Hall–Kier alpha value is -2.15. The molecule has 0 N–H and O–H groups in total. The summed E-state index contributed by atoms with van der Waals surface area (Å²) in [6, 6.07) is 10.2. The molecule has 2 atom stereocenters. The van der Waals surface area contributed by atoms with Gasteiger partial charge in [-0.2, -0.15) is 0 Å². The summed E-state index contributed by atoms with van der Waals surface area (Å²) < 4.78 is 0.